The van der Waals surface area contributed by atoms with E-state index in [1.165, 1.54) is 6.21 Å². The number of hydrogen-bond acceptors (Lipinski definition) is 3. The van der Waals surface area contributed by atoms with Crippen molar-refractivity contribution >= 4 is 24.1 Å². The molecule has 27 heavy (non-hydrogen) atoms. The van der Waals surface area contributed by atoms with Crippen LogP contribution in [0.5, 0.6) is 0 Å². The molecule has 2 rings (SSSR count). The van der Waals surface area contributed by atoms with Gasteiger partial charge < -0.3 is 5.32 Å². The maximum atomic E-state index is 12.4. The van der Waals surface area contributed by atoms with Crippen molar-refractivity contribution in [3.63, 3.8) is 0 Å². The Morgan fingerprint density at radius 1 is 1.00 bits per heavy atom. The summed E-state index contributed by atoms with van der Waals surface area (Å²) in [5.41, 5.74) is 4.06. The third kappa shape index (κ3) is 7.28. The number of allylic oxidation sites excluding steroid dienone is 1. The fraction of sp³-hybridized carbons (Fsp3) is 0.227. The summed E-state index contributed by atoms with van der Waals surface area (Å²) in [7, 11) is 0. The molecule has 0 fully saturated rings. The van der Waals surface area contributed by atoms with Gasteiger partial charge in [-0.3, -0.25) is 9.59 Å². The summed E-state index contributed by atoms with van der Waals surface area (Å²) in [4.78, 5) is 24.7. The van der Waals surface area contributed by atoms with Crippen LogP contribution in [0, 0.1) is 5.92 Å². The van der Waals surface area contributed by atoms with Gasteiger partial charge in [0.1, 0.15) is 6.04 Å². The SMILES string of the molecule is CC(C)C[C@H](NC(=O)c1ccccc1)C(=O)N/N=C\C=C/c1ccccc1. The first-order valence-corrected chi connectivity index (χ1v) is 8.97. The second kappa shape index (κ2) is 10.7. The minimum atomic E-state index is -0.645. The van der Waals surface area contributed by atoms with Crippen molar-refractivity contribution in [3.8, 4) is 0 Å². The van der Waals surface area contributed by atoms with E-state index in [4.69, 9.17) is 0 Å². The third-order valence-corrected chi connectivity index (χ3v) is 3.79. The fourth-order valence-electron chi connectivity index (χ4n) is 2.47. The molecule has 0 aliphatic rings. The summed E-state index contributed by atoms with van der Waals surface area (Å²) in [6.07, 6.45) is 5.67. The van der Waals surface area contributed by atoms with Crippen molar-refractivity contribution in [1.82, 2.24) is 10.7 Å². The summed E-state index contributed by atoms with van der Waals surface area (Å²) in [6, 6.07) is 18.0. The maximum absolute atomic E-state index is 12.4. The molecule has 140 valence electrons. The molecular weight excluding hydrogens is 338 g/mol. The van der Waals surface area contributed by atoms with E-state index in [0.717, 1.165) is 5.56 Å². The lowest BCUT2D eigenvalue weighted by molar-refractivity contribution is -0.123. The predicted octanol–water partition coefficient (Wildman–Crippen LogP) is 3.65. The summed E-state index contributed by atoms with van der Waals surface area (Å²) < 4.78 is 0. The van der Waals surface area contributed by atoms with Crippen LogP contribution in [0.25, 0.3) is 6.08 Å². The van der Waals surface area contributed by atoms with E-state index >= 15 is 0 Å². The normalized spacial score (nSPS) is 12.4. The first kappa shape index (κ1) is 20.1. The van der Waals surface area contributed by atoms with Gasteiger partial charge in [0, 0.05) is 11.8 Å². The van der Waals surface area contributed by atoms with Crippen molar-refractivity contribution in [2.45, 2.75) is 26.3 Å². The number of benzene rings is 2. The third-order valence-electron chi connectivity index (χ3n) is 3.79. The molecule has 5 nitrogen and oxygen atoms in total. The fourth-order valence-corrected chi connectivity index (χ4v) is 2.47. The lowest BCUT2D eigenvalue weighted by atomic mass is 10.0. The Kier molecular flexibility index (Phi) is 7.97. The van der Waals surface area contributed by atoms with Crippen molar-refractivity contribution in [1.29, 1.82) is 0 Å². The van der Waals surface area contributed by atoms with Crippen molar-refractivity contribution in [3.05, 3.63) is 77.9 Å². The van der Waals surface area contributed by atoms with E-state index in [1.54, 1.807) is 30.3 Å². The highest BCUT2D eigenvalue weighted by Crippen LogP contribution is 2.07. The van der Waals surface area contributed by atoms with Gasteiger partial charge >= 0.3 is 0 Å². The van der Waals surface area contributed by atoms with Crippen LogP contribution < -0.4 is 10.7 Å². The number of amides is 2. The Hall–Kier alpha value is -3.21. The molecular formula is C22H25N3O2. The van der Waals surface area contributed by atoms with Crippen molar-refractivity contribution in [2.24, 2.45) is 11.0 Å². The average Bonchev–Trinajstić information content (AvgIpc) is 2.68. The average molecular weight is 363 g/mol. The smallest absolute Gasteiger partial charge is 0.262 e. The Morgan fingerprint density at radius 3 is 2.26 bits per heavy atom. The number of hydrazone groups is 1. The van der Waals surface area contributed by atoms with E-state index in [0.29, 0.717) is 12.0 Å². The minimum absolute atomic E-state index is 0.249. The van der Waals surface area contributed by atoms with Crippen molar-refractivity contribution < 1.29 is 9.59 Å². The molecule has 2 N–H and O–H groups in total. The lowest BCUT2D eigenvalue weighted by Crippen LogP contribution is -2.46. The van der Waals surface area contributed by atoms with E-state index in [-0.39, 0.29) is 17.7 Å². The van der Waals surface area contributed by atoms with E-state index in [9.17, 15) is 9.59 Å². The molecule has 5 heteroatoms. The highest BCUT2D eigenvalue weighted by molar-refractivity contribution is 5.97. The lowest BCUT2D eigenvalue weighted by Gasteiger charge is -2.18. The zero-order valence-electron chi connectivity index (χ0n) is 15.6. The first-order chi connectivity index (χ1) is 13.1. The molecule has 0 saturated carbocycles. The number of nitrogens with one attached hydrogen (secondary N) is 2. The van der Waals surface area contributed by atoms with Crippen molar-refractivity contribution in [2.75, 3.05) is 0 Å². The van der Waals surface area contributed by atoms with E-state index in [1.807, 2.05) is 56.3 Å². The van der Waals surface area contributed by atoms with Crippen LogP contribution in [-0.4, -0.2) is 24.1 Å². The van der Waals surface area contributed by atoms with Crippen LogP contribution in [-0.2, 0) is 4.79 Å². The molecule has 0 radical (unpaired) electrons. The maximum Gasteiger partial charge on any atom is 0.262 e. The van der Waals surface area contributed by atoms with Crippen LogP contribution in [0.15, 0.2) is 71.8 Å². The van der Waals surface area contributed by atoms with Crippen LogP contribution in [0.4, 0.5) is 0 Å². The highest BCUT2D eigenvalue weighted by atomic mass is 16.2. The standard InChI is InChI=1S/C22H25N3O2/c1-17(2)16-20(24-21(26)19-13-7-4-8-14-19)22(27)25-23-15-9-12-18-10-5-3-6-11-18/h3-15,17,20H,16H2,1-2H3,(H,24,26)(H,25,27)/b12-9-,23-15-/t20-/m0/s1. The molecule has 0 heterocycles. The van der Waals surface area contributed by atoms with Crippen LogP contribution in [0.1, 0.15) is 36.2 Å². The van der Waals surface area contributed by atoms with Crippen LogP contribution >= 0.6 is 0 Å². The Labute approximate surface area is 160 Å². The molecule has 0 aliphatic carbocycles. The van der Waals surface area contributed by atoms with E-state index in [2.05, 4.69) is 15.8 Å². The van der Waals surface area contributed by atoms with Crippen LogP contribution in [0.2, 0.25) is 0 Å². The zero-order valence-corrected chi connectivity index (χ0v) is 15.6. The zero-order chi connectivity index (χ0) is 19.5. The first-order valence-electron chi connectivity index (χ1n) is 8.97. The Balaban J connectivity index is 1.92. The molecule has 1 atom stereocenters. The van der Waals surface area contributed by atoms with Crippen LogP contribution in [0.3, 0.4) is 0 Å². The van der Waals surface area contributed by atoms with E-state index < -0.39 is 6.04 Å². The topological polar surface area (TPSA) is 70.6 Å². The number of nitrogens with zero attached hydrogens (tertiary/aromatic N) is 1. The molecule has 0 aromatic heterocycles. The van der Waals surface area contributed by atoms with Gasteiger partial charge in [0.15, 0.2) is 0 Å². The largest absolute Gasteiger partial charge is 0.340 e. The van der Waals surface area contributed by atoms with Gasteiger partial charge in [-0.1, -0.05) is 68.5 Å². The molecule has 2 aromatic rings. The molecule has 2 aromatic carbocycles. The van der Waals surface area contributed by atoms with Gasteiger partial charge in [0.25, 0.3) is 11.8 Å². The van der Waals surface area contributed by atoms with Gasteiger partial charge in [-0.25, -0.2) is 5.43 Å². The molecule has 2 amide bonds. The second-order valence-electron chi connectivity index (χ2n) is 6.55. The Morgan fingerprint density at radius 2 is 1.63 bits per heavy atom. The quantitative estimate of drug-likeness (QED) is 0.555. The summed E-state index contributed by atoms with van der Waals surface area (Å²) >= 11 is 0. The Bertz CT molecular complexity index is 784. The summed E-state index contributed by atoms with van der Waals surface area (Å²) in [6.45, 7) is 4.00. The molecule has 0 aliphatic heterocycles. The predicted molar refractivity (Wildman–Crippen MR) is 109 cm³/mol. The van der Waals surface area contributed by atoms with Gasteiger partial charge in [0.2, 0.25) is 0 Å². The van der Waals surface area contributed by atoms with Gasteiger partial charge in [-0.2, -0.15) is 5.10 Å². The number of hydrogen-bond donors (Lipinski definition) is 2. The minimum Gasteiger partial charge on any atom is -0.340 e. The van der Waals surface area contributed by atoms with Gasteiger partial charge in [0.05, 0.1) is 0 Å². The number of carbonyl (C=O) groups is 2. The molecule has 0 spiro atoms. The monoisotopic (exact) mass is 363 g/mol. The molecule has 0 bridgehead atoms. The molecule has 0 unspecified atom stereocenters. The van der Waals surface area contributed by atoms with Gasteiger partial charge in [-0.05, 0) is 36.1 Å². The molecule has 0 saturated heterocycles. The van der Waals surface area contributed by atoms with Gasteiger partial charge in [-0.15, -0.1) is 0 Å². The summed E-state index contributed by atoms with van der Waals surface area (Å²) in [5, 5.41) is 6.72. The summed E-state index contributed by atoms with van der Waals surface area (Å²) in [5.74, 6) is -0.361. The highest BCUT2D eigenvalue weighted by Gasteiger charge is 2.22. The number of rotatable bonds is 8. The number of carbonyl (C=O) groups excluding carboxylic acids is 2. The second-order valence-corrected chi connectivity index (χ2v) is 6.55.